The lowest BCUT2D eigenvalue weighted by Crippen LogP contribution is -2.50. The molecule has 142 valence electrons. The standard InChI is InChI=1S/C18H35NO5/c1-5-14-16(21)15(20)13(3)19-11-7-10-18(4,23)9-6-8-12(2)17(22)24-14/h12-16,19-21,23H,5-11H2,1-4H3/t12?,13?,14-,15?,16?,18+/m1/s1. The van der Waals surface area contributed by atoms with Gasteiger partial charge in [0.1, 0.15) is 12.2 Å². The SMILES string of the molecule is CC[C@H]1OC(=O)C(C)CCC[C@](C)(O)CCCNC(C)C(O)C1O. The van der Waals surface area contributed by atoms with E-state index >= 15 is 0 Å². The number of nitrogens with one attached hydrogen (secondary N) is 1. The van der Waals surface area contributed by atoms with Gasteiger partial charge in [0, 0.05) is 6.04 Å². The van der Waals surface area contributed by atoms with Gasteiger partial charge < -0.3 is 25.4 Å². The Kier molecular flexibility index (Phi) is 8.63. The van der Waals surface area contributed by atoms with Crippen LogP contribution in [0, 0.1) is 5.92 Å². The lowest BCUT2D eigenvalue weighted by Gasteiger charge is -2.30. The highest BCUT2D eigenvalue weighted by Crippen LogP contribution is 2.23. The van der Waals surface area contributed by atoms with E-state index in [0.717, 1.165) is 12.8 Å². The van der Waals surface area contributed by atoms with E-state index in [1.54, 1.807) is 13.8 Å². The lowest BCUT2D eigenvalue weighted by atomic mass is 9.91. The molecule has 6 atom stereocenters. The molecule has 0 aromatic heterocycles. The summed E-state index contributed by atoms with van der Waals surface area (Å²) >= 11 is 0. The van der Waals surface area contributed by atoms with Gasteiger partial charge in [-0.15, -0.1) is 0 Å². The summed E-state index contributed by atoms with van der Waals surface area (Å²) in [5, 5.41) is 34.2. The highest BCUT2D eigenvalue weighted by Gasteiger charge is 2.33. The van der Waals surface area contributed by atoms with Gasteiger partial charge in [0.2, 0.25) is 0 Å². The van der Waals surface area contributed by atoms with Gasteiger partial charge in [-0.1, -0.05) is 13.8 Å². The molecule has 0 saturated carbocycles. The summed E-state index contributed by atoms with van der Waals surface area (Å²) in [6.07, 6.45) is 1.04. The van der Waals surface area contributed by atoms with Crippen LogP contribution in [0.3, 0.4) is 0 Å². The molecule has 1 rings (SSSR count). The summed E-state index contributed by atoms with van der Waals surface area (Å²) in [6.45, 7) is 7.88. The third kappa shape index (κ3) is 6.67. The second-order valence-electron chi connectivity index (χ2n) is 7.50. The highest BCUT2D eigenvalue weighted by molar-refractivity contribution is 5.72. The molecule has 0 amide bonds. The number of aliphatic hydroxyl groups is 3. The molecule has 1 aliphatic heterocycles. The molecule has 6 nitrogen and oxygen atoms in total. The van der Waals surface area contributed by atoms with Gasteiger partial charge in [-0.2, -0.15) is 0 Å². The molecular formula is C18H35NO5. The Morgan fingerprint density at radius 2 is 1.83 bits per heavy atom. The number of rotatable bonds is 1. The van der Waals surface area contributed by atoms with Crippen LogP contribution in [0.25, 0.3) is 0 Å². The third-order valence-electron chi connectivity index (χ3n) is 5.03. The normalized spacial score (nSPS) is 41.1. The molecule has 0 bridgehead atoms. The van der Waals surface area contributed by atoms with Crippen LogP contribution in [0.4, 0.5) is 0 Å². The zero-order valence-electron chi connectivity index (χ0n) is 15.5. The van der Waals surface area contributed by atoms with Crippen LogP contribution in [0.2, 0.25) is 0 Å². The number of carbonyl (C=O) groups is 1. The predicted molar refractivity (Wildman–Crippen MR) is 92.5 cm³/mol. The first-order valence-electron chi connectivity index (χ1n) is 9.20. The number of hydrogen-bond donors (Lipinski definition) is 4. The van der Waals surface area contributed by atoms with Gasteiger partial charge in [0.15, 0.2) is 0 Å². The number of carbonyl (C=O) groups excluding carboxylic acids is 1. The molecule has 4 unspecified atom stereocenters. The Balaban J connectivity index is 2.83. The van der Waals surface area contributed by atoms with Crippen molar-refractivity contribution in [2.45, 2.75) is 96.2 Å². The molecule has 0 aromatic carbocycles. The monoisotopic (exact) mass is 345 g/mol. The Morgan fingerprint density at radius 3 is 2.46 bits per heavy atom. The minimum atomic E-state index is -1.12. The van der Waals surface area contributed by atoms with Crippen molar-refractivity contribution in [3.05, 3.63) is 0 Å². The number of ether oxygens (including phenoxy) is 1. The van der Waals surface area contributed by atoms with Crippen molar-refractivity contribution in [2.24, 2.45) is 5.92 Å². The van der Waals surface area contributed by atoms with E-state index < -0.39 is 23.9 Å². The average Bonchev–Trinajstić information content (AvgIpc) is 2.53. The zero-order chi connectivity index (χ0) is 18.3. The maximum atomic E-state index is 12.2. The molecule has 1 heterocycles. The first kappa shape index (κ1) is 21.4. The summed E-state index contributed by atoms with van der Waals surface area (Å²) in [4.78, 5) is 12.2. The molecule has 6 heteroatoms. The molecule has 4 N–H and O–H groups in total. The average molecular weight is 345 g/mol. The minimum Gasteiger partial charge on any atom is -0.459 e. The van der Waals surface area contributed by atoms with Crippen LogP contribution in [0.1, 0.15) is 66.2 Å². The van der Waals surface area contributed by atoms with Gasteiger partial charge in [0.25, 0.3) is 0 Å². The van der Waals surface area contributed by atoms with Gasteiger partial charge >= 0.3 is 5.97 Å². The van der Waals surface area contributed by atoms with Crippen molar-refractivity contribution in [3.63, 3.8) is 0 Å². The maximum Gasteiger partial charge on any atom is 0.309 e. The second-order valence-corrected chi connectivity index (χ2v) is 7.50. The Hall–Kier alpha value is -0.690. The first-order valence-corrected chi connectivity index (χ1v) is 9.20. The number of cyclic esters (lactones) is 1. The zero-order valence-corrected chi connectivity index (χ0v) is 15.5. The summed E-state index contributed by atoms with van der Waals surface area (Å²) in [6, 6.07) is -0.333. The molecule has 0 aromatic rings. The van der Waals surface area contributed by atoms with E-state index in [-0.39, 0.29) is 17.9 Å². The van der Waals surface area contributed by atoms with Crippen molar-refractivity contribution < 1.29 is 24.9 Å². The molecule has 1 fully saturated rings. The molecular weight excluding hydrogens is 310 g/mol. The smallest absolute Gasteiger partial charge is 0.309 e. The Morgan fingerprint density at radius 1 is 1.21 bits per heavy atom. The van der Waals surface area contributed by atoms with Gasteiger partial charge in [0.05, 0.1) is 17.6 Å². The van der Waals surface area contributed by atoms with Crippen molar-refractivity contribution in [3.8, 4) is 0 Å². The van der Waals surface area contributed by atoms with Crippen LogP contribution >= 0.6 is 0 Å². The second kappa shape index (κ2) is 9.70. The largest absolute Gasteiger partial charge is 0.459 e. The fourth-order valence-corrected chi connectivity index (χ4v) is 3.13. The van der Waals surface area contributed by atoms with E-state index in [1.165, 1.54) is 0 Å². The predicted octanol–water partition coefficient (Wildman–Crippen LogP) is 1.36. The Bertz CT molecular complexity index is 388. The summed E-state index contributed by atoms with van der Waals surface area (Å²) in [5.41, 5.74) is -0.751. The van der Waals surface area contributed by atoms with Gasteiger partial charge in [-0.3, -0.25) is 4.79 Å². The quantitative estimate of drug-likeness (QED) is 0.536. The van der Waals surface area contributed by atoms with Gasteiger partial charge in [-0.25, -0.2) is 0 Å². The van der Waals surface area contributed by atoms with Crippen molar-refractivity contribution in [1.82, 2.24) is 5.32 Å². The molecule has 1 aliphatic rings. The van der Waals surface area contributed by atoms with E-state index in [1.807, 2.05) is 13.8 Å². The van der Waals surface area contributed by atoms with Crippen LogP contribution in [0.15, 0.2) is 0 Å². The minimum absolute atomic E-state index is 0.292. The number of hydrogen-bond acceptors (Lipinski definition) is 6. The fraction of sp³-hybridized carbons (Fsp3) is 0.944. The first-order chi connectivity index (χ1) is 11.2. The van der Waals surface area contributed by atoms with Crippen LogP contribution in [0.5, 0.6) is 0 Å². The summed E-state index contributed by atoms with van der Waals surface area (Å²) in [5.74, 6) is -0.650. The maximum absolute atomic E-state index is 12.2. The summed E-state index contributed by atoms with van der Waals surface area (Å²) < 4.78 is 5.43. The number of esters is 1. The van der Waals surface area contributed by atoms with Gasteiger partial charge in [-0.05, 0) is 58.9 Å². The highest BCUT2D eigenvalue weighted by atomic mass is 16.6. The molecule has 0 aliphatic carbocycles. The molecule has 1 saturated heterocycles. The van der Waals surface area contributed by atoms with E-state index in [4.69, 9.17) is 4.74 Å². The topological polar surface area (TPSA) is 99.0 Å². The fourth-order valence-electron chi connectivity index (χ4n) is 3.13. The van der Waals surface area contributed by atoms with Crippen LogP contribution < -0.4 is 5.32 Å². The van der Waals surface area contributed by atoms with Crippen molar-refractivity contribution in [1.29, 1.82) is 0 Å². The molecule has 0 spiro atoms. The van der Waals surface area contributed by atoms with Crippen LogP contribution in [-0.2, 0) is 9.53 Å². The molecule has 0 radical (unpaired) electrons. The van der Waals surface area contributed by atoms with Crippen molar-refractivity contribution in [2.75, 3.05) is 6.54 Å². The lowest BCUT2D eigenvalue weighted by molar-refractivity contribution is -0.165. The third-order valence-corrected chi connectivity index (χ3v) is 5.03. The van der Waals surface area contributed by atoms with Crippen LogP contribution in [-0.4, -0.2) is 57.8 Å². The van der Waals surface area contributed by atoms with E-state index in [2.05, 4.69) is 5.32 Å². The number of aliphatic hydroxyl groups excluding tert-OH is 2. The summed E-state index contributed by atoms with van der Waals surface area (Å²) in [7, 11) is 0. The van der Waals surface area contributed by atoms with E-state index in [0.29, 0.717) is 32.2 Å². The van der Waals surface area contributed by atoms with Crippen molar-refractivity contribution >= 4 is 5.97 Å². The Labute approximate surface area is 145 Å². The van der Waals surface area contributed by atoms with E-state index in [9.17, 15) is 20.1 Å². The molecule has 24 heavy (non-hydrogen) atoms.